The summed E-state index contributed by atoms with van der Waals surface area (Å²) in [6, 6.07) is 0.415. The minimum absolute atomic E-state index is 0.0157. The predicted molar refractivity (Wildman–Crippen MR) is 70.9 cm³/mol. The molecule has 0 aliphatic heterocycles. The lowest BCUT2D eigenvalue weighted by Gasteiger charge is -2.13. The Morgan fingerprint density at radius 1 is 1.39 bits per heavy atom. The fraction of sp³-hybridized carbons (Fsp3) is 0.846. The fourth-order valence-corrected chi connectivity index (χ4v) is 1.84. The number of amides is 2. The van der Waals surface area contributed by atoms with E-state index in [1.165, 1.54) is 0 Å². The summed E-state index contributed by atoms with van der Waals surface area (Å²) in [7, 11) is 0. The number of nitrogens with one attached hydrogen (secondary N) is 2. The van der Waals surface area contributed by atoms with Crippen LogP contribution in [0.15, 0.2) is 0 Å². The summed E-state index contributed by atoms with van der Waals surface area (Å²) >= 11 is 0. The average Bonchev–Trinajstić information content (AvgIpc) is 3.15. The number of rotatable bonds is 9. The van der Waals surface area contributed by atoms with E-state index >= 15 is 0 Å². The second-order valence-electron chi connectivity index (χ2n) is 4.96. The Kier molecular flexibility index (Phi) is 6.72. The molecular weight excluding hydrogens is 230 g/mol. The molecule has 0 saturated heterocycles. The van der Waals surface area contributed by atoms with Gasteiger partial charge in [-0.2, -0.15) is 0 Å². The minimum Gasteiger partial charge on any atom is -0.356 e. The third kappa shape index (κ3) is 6.00. The molecule has 5 heteroatoms. The Balaban J connectivity index is 2.04. The highest BCUT2D eigenvalue weighted by Gasteiger charge is 2.22. The molecule has 0 bridgehead atoms. The first-order valence-corrected chi connectivity index (χ1v) is 6.94. The number of hydrogen-bond donors (Lipinski definition) is 3. The summed E-state index contributed by atoms with van der Waals surface area (Å²) in [5.41, 5.74) is 5.55. The lowest BCUT2D eigenvalue weighted by atomic mass is 10.0. The van der Waals surface area contributed by atoms with Gasteiger partial charge < -0.3 is 16.4 Å². The quantitative estimate of drug-likeness (QED) is 0.526. The Bertz CT molecular complexity index is 277. The van der Waals surface area contributed by atoms with Gasteiger partial charge in [-0.25, -0.2) is 0 Å². The maximum absolute atomic E-state index is 11.7. The molecule has 4 N–H and O–H groups in total. The largest absolute Gasteiger partial charge is 0.356 e. The normalized spacial score (nSPS) is 16.1. The van der Waals surface area contributed by atoms with Crippen LogP contribution >= 0.6 is 0 Å². The summed E-state index contributed by atoms with van der Waals surface area (Å²) in [5.74, 6) is 0.0212. The van der Waals surface area contributed by atoms with Gasteiger partial charge in [0.25, 0.3) is 0 Å². The highest BCUT2D eigenvalue weighted by atomic mass is 16.2. The maximum Gasteiger partial charge on any atom is 0.224 e. The van der Waals surface area contributed by atoms with Crippen molar-refractivity contribution < 1.29 is 9.59 Å². The van der Waals surface area contributed by atoms with Crippen LogP contribution in [0.25, 0.3) is 0 Å². The summed E-state index contributed by atoms with van der Waals surface area (Å²) in [6.07, 6.45) is 5.17. The van der Waals surface area contributed by atoms with E-state index in [4.69, 9.17) is 5.73 Å². The van der Waals surface area contributed by atoms with Crippen LogP contribution in [0.4, 0.5) is 0 Å². The summed E-state index contributed by atoms with van der Waals surface area (Å²) < 4.78 is 0. The van der Waals surface area contributed by atoms with E-state index in [2.05, 4.69) is 10.6 Å². The minimum atomic E-state index is -0.0877. The Labute approximate surface area is 109 Å². The molecule has 0 spiro atoms. The number of hydrogen-bond acceptors (Lipinski definition) is 3. The molecule has 0 aromatic heterocycles. The van der Waals surface area contributed by atoms with Crippen LogP contribution in [0.2, 0.25) is 0 Å². The van der Waals surface area contributed by atoms with E-state index in [0.29, 0.717) is 32.0 Å². The Morgan fingerprint density at radius 3 is 2.67 bits per heavy atom. The molecule has 104 valence electrons. The fourth-order valence-electron chi connectivity index (χ4n) is 1.84. The van der Waals surface area contributed by atoms with Gasteiger partial charge in [-0.3, -0.25) is 9.59 Å². The van der Waals surface area contributed by atoms with Gasteiger partial charge in [-0.05, 0) is 25.7 Å². The summed E-state index contributed by atoms with van der Waals surface area (Å²) in [6.45, 7) is 2.98. The molecule has 1 saturated carbocycles. The molecule has 1 atom stereocenters. The highest BCUT2D eigenvalue weighted by molar-refractivity contribution is 5.79. The standard InChI is InChI=1S/C13H25N3O2/c1-2-4-10(9-14)13(18)15-8-3-5-12(17)16-11-6-7-11/h10-11H,2-9,14H2,1H3,(H,15,18)(H,16,17). The smallest absolute Gasteiger partial charge is 0.224 e. The zero-order valence-electron chi connectivity index (χ0n) is 11.2. The third-order valence-electron chi connectivity index (χ3n) is 3.11. The average molecular weight is 255 g/mol. The zero-order valence-corrected chi connectivity index (χ0v) is 11.2. The van der Waals surface area contributed by atoms with E-state index < -0.39 is 0 Å². The first kappa shape index (κ1) is 15.0. The van der Waals surface area contributed by atoms with E-state index in [1.807, 2.05) is 6.92 Å². The molecule has 0 heterocycles. The van der Waals surface area contributed by atoms with Crippen molar-refractivity contribution in [3.05, 3.63) is 0 Å². The Hall–Kier alpha value is -1.10. The topological polar surface area (TPSA) is 84.2 Å². The van der Waals surface area contributed by atoms with E-state index in [-0.39, 0.29) is 17.7 Å². The molecule has 2 amide bonds. The van der Waals surface area contributed by atoms with E-state index in [1.54, 1.807) is 0 Å². The third-order valence-corrected chi connectivity index (χ3v) is 3.11. The first-order chi connectivity index (χ1) is 8.67. The second-order valence-corrected chi connectivity index (χ2v) is 4.96. The molecule has 1 fully saturated rings. The molecule has 1 aliphatic rings. The number of nitrogens with two attached hydrogens (primary N) is 1. The van der Waals surface area contributed by atoms with Crippen LogP contribution < -0.4 is 16.4 Å². The first-order valence-electron chi connectivity index (χ1n) is 6.94. The van der Waals surface area contributed by atoms with Crippen molar-refractivity contribution >= 4 is 11.8 Å². The van der Waals surface area contributed by atoms with Gasteiger partial charge in [-0.1, -0.05) is 13.3 Å². The van der Waals surface area contributed by atoms with Crippen molar-refractivity contribution in [2.75, 3.05) is 13.1 Å². The molecule has 0 aromatic carbocycles. The molecule has 1 rings (SSSR count). The molecule has 5 nitrogen and oxygen atoms in total. The van der Waals surface area contributed by atoms with Crippen molar-refractivity contribution in [1.82, 2.24) is 10.6 Å². The van der Waals surface area contributed by atoms with E-state index in [9.17, 15) is 9.59 Å². The number of carbonyl (C=O) groups is 2. The van der Waals surface area contributed by atoms with Gasteiger partial charge in [0.15, 0.2) is 0 Å². The van der Waals surface area contributed by atoms with Crippen LogP contribution in [-0.4, -0.2) is 30.9 Å². The Morgan fingerprint density at radius 2 is 2.11 bits per heavy atom. The van der Waals surface area contributed by atoms with Crippen LogP contribution in [0.5, 0.6) is 0 Å². The monoisotopic (exact) mass is 255 g/mol. The van der Waals surface area contributed by atoms with Gasteiger partial charge in [-0.15, -0.1) is 0 Å². The van der Waals surface area contributed by atoms with Gasteiger partial charge in [0.2, 0.25) is 11.8 Å². The molecule has 1 aliphatic carbocycles. The van der Waals surface area contributed by atoms with Gasteiger partial charge in [0.1, 0.15) is 0 Å². The van der Waals surface area contributed by atoms with Crippen molar-refractivity contribution in [2.45, 2.75) is 51.5 Å². The van der Waals surface area contributed by atoms with Crippen LogP contribution in [0.3, 0.4) is 0 Å². The van der Waals surface area contributed by atoms with Crippen molar-refractivity contribution in [2.24, 2.45) is 11.7 Å². The predicted octanol–water partition coefficient (Wildman–Crippen LogP) is 0.536. The van der Waals surface area contributed by atoms with Crippen LogP contribution in [0, 0.1) is 5.92 Å². The second kappa shape index (κ2) is 8.08. The SMILES string of the molecule is CCCC(CN)C(=O)NCCCC(=O)NC1CC1. The lowest BCUT2D eigenvalue weighted by molar-refractivity contribution is -0.125. The zero-order chi connectivity index (χ0) is 13.4. The molecule has 1 unspecified atom stereocenters. The maximum atomic E-state index is 11.7. The lowest BCUT2D eigenvalue weighted by Crippen LogP contribution is -2.36. The van der Waals surface area contributed by atoms with Crippen molar-refractivity contribution in [3.63, 3.8) is 0 Å². The summed E-state index contributed by atoms with van der Waals surface area (Å²) in [4.78, 5) is 23.1. The molecule has 0 aromatic rings. The highest BCUT2D eigenvalue weighted by Crippen LogP contribution is 2.18. The number of carbonyl (C=O) groups excluding carboxylic acids is 2. The summed E-state index contributed by atoms with van der Waals surface area (Å²) in [5, 5.41) is 5.77. The molecular formula is C13H25N3O2. The van der Waals surface area contributed by atoms with Crippen molar-refractivity contribution in [3.8, 4) is 0 Å². The van der Waals surface area contributed by atoms with Crippen molar-refractivity contribution in [1.29, 1.82) is 0 Å². The van der Waals surface area contributed by atoms with Crippen LogP contribution in [0.1, 0.15) is 45.4 Å². The van der Waals surface area contributed by atoms with E-state index in [0.717, 1.165) is 25.7 Å². The van der Waals surface area contributed by atoms with Gasteiger partial charge >= 0.3 is 0 Å². The van der Waals surface area contributed by atoms with Gasteiger partial charge in [0, 0.05) is 25.6 Å². The molecule has 18 heavy (non-hydrogen) atoms. The van der Waals surface area contributed by atoms with Gasteiger partial charge in [0.05, 0.1) is 5.92 Å². The molecule has 0 radical (unpaired) electrons. The van der Waals surface area contributed by atoms with Crippen LogP contribution in [-0.2, 0) is 9.59 Å².